The minimum atomic E-state index is 0.0962. The smallest absolute Gasteiger partial charge is 0.0474 e. The second-order valence-corrected chi connectivity index (χ2v) is 5.96. The molecular weight excluding hydrogens is 224 g/mol. The highest BCUT2D eigenvalue weighted by atomic mass is 16.3. The first-order valence-electron chi connectivity index (χ1n) is 7.80. The number of nitrogens with one attached hydrogen (secondary N) is 1. The zero-order valence-electron chi connectivity index (χ0n) is 12.3. The summed E-state index contributed by atoms with van der Waals surface area (Å²) in [5, 5.41) is 13.4. The van der Waals surface area contributed by atoms with Crippen molar-refractivity contribution in [3.8, 4) is 0 Å². The van der Waals surface area contributed by atoms with Gasteiger partial charge in [0.2, 0.25) is 0 Å². The Morgan fingerprint density at radius 3 is 2.28 bits per heavy atom. The van der Waals surface area contributed by atoms with Crippen molar-refractivity contribution in [3.05, 3.63) is 0 Å². The Morgan fingerprint density at radius 1 is 1.17 bits per heavy atom. The SMILES string of the molecule is CCCC(CN)(CCC)NC1CCCCC1CO. The van der Waals surface area contributed by atoms with Crippen LogP contribution in [0.15, 0.2) is 0 Å². The fourth-order valence-electron chi connectivity index (χ4n) is 3.50. The largest absolute Gasteiger partial charge is 0.396 e. The lowest BCUT2D eigenvalue weighted by atomic mass is 9.81. The van der Waals surface area contributed by atoms with Crippen LogP contribution in [0.4, 0.5) is 0 Å². The van der Waals surface area contributed by atoms with E-state index >= 15 is 0 Å². The molecule has 1 rings (SSSR count). The van der Waals surface area contributed by atoms with Crippen molar-refractivity contribution in [1.29, 1.82) is 0 Å². The van der Waals surface area contributed by atoms with E-state index in [9.17, 15) is 5.11 Å². The van der Waals surface area contributed by atoms with Gasteiger partial charge in [-0.3, -0.25) is 0 Å². The summed E-state index contributed by atoms with van der Waals surface area (Å²) in [6.45, 7) is 5.48. The van der Waals surface area contributed by atoms with E-state index in [1.807, 2.05) is 0 Å². The van der Waals surface area contributed by atoms with Gasteiger partial charge in [0.1, 0.15) is 0 Å². The molecule has 0 spiro atoms. The van der Waals surface area contributed by atoms with Crippen molar-refractivity contribution in [1.82, 2.24) is 5.32 Å². The Hall–Kier alpha value is -0.120. The van der Waals surface area contributed by atoms with Crippen LogP contribution >= 0.6 is 0 Å². The second kappa shape index (κ2) is 8.13. The van der Waals surface area contributed by atoms with Crippen molar-refractivity contribution in [3.63, 3.8) is 0 Å². The third kappa shape index (κ3) is 4.22. The van der Waals surface area contributed by atoms with Gasteiger partial charge in [-0.05, 0) is 31.6 Å². The van der Waals surface area contributed by atoms with E-state index in [4.69, 9.17) is 5.73 Å². The molecule has 3 heteroatoms. The maximum Gasteiger partial charge on any atom is 0.0474 e. The molecule has 1 aliphatic carbocycles. The monoisotopic (exact) mass is 256 g/mol. The molecule has 0 saturated heterocycles. The van der Waals surface area contributed by atoms with Crippen molar-refractivity contribution in [2.45, 2.75) is 76.8 Å². The van der Waals surface area contributed by atoms with Crippen LogP contribution in [0.3, 0.4) is 0 Å². The minimum absolute atomic E-state index is 0.0962. The highest BCUT2D eigenvalue weighted by molar-refractivity contribution is 4.94. The number of aliphatic hydroxyl groups excluding tert-OH is 1. The molecule has 18 heavy (non-hydrogen) atoms. The zero-order valence-corrected chi connectivity index (χ0v) is 12.3. The summed E-state index contributed by atoms with van der Waals surface area (Å²) in [5.41, 5.74) is 6.16. The molecule has 2 atom stereocenters. The Morgan fingerprint density at radius 2 is 1.78 bits per heavy atom. The van der Waals surface area contributed by atoms with E-state index in [2.05, 4.69) is 19.2 Å². The summed E-state index contributed by atoms with van der Waals surface area (Å²) in [6, 6.07) is 0.463. The predicted octanol–water partition coefficient (Wildman–Crippen LogP) is 2.42. The first kappa shape index (κ1) is 15.9. The average molecular weight is 256 g/mol. The lowest BCUT2D eigenvalue weighted by Crippen LogP contribution is -2.57. The Balaban J connectivity index is 2.67. The van der Waals surface area contributed by atoms with Crippen LogP contribution in [0.2, 0.25) is 0 Å². The van der Waals surface area contributed by atoms with Crippen LogP contribution in [0.1, 0.15) is 65.2 Å². The lowest BCUT2D eigenvalue weighted by Gasteiger charge is -2.42. The van der Waals surface area contributed by atoms with Crippen LogP contribution in [-0.4, -0.2) is 29.8 Å². The maximum absolute atomic E-state index is 9.52. The van der Waals surface area contributed by atoms with Crippen molar-refractivity contribution in [2.75, 3.05) is 13.2 Å². The predicted molar refractivity (Wildman–Crippen MR) is 77.6 cm³/mol. The standard InChI is InChI=1S/C15H32N2O/c1-3-9-15(12-16,10-4-2)17-14-8-6-5-7-13(14)11-18/h13-14,17-18H,3-12,16H2,1-2H3. The Labute approximate surface area is 113 Å². The molecule has 1 saturated carbocycles. The highest BCUT2D eigenvalue weighted by Crippen LogP contribution is 2.28. The number of aliphatic hydroxyl groups is 1. The molecule has 108 valence electrons. The van der Waals surface area contributed by atoms with Gasteiger partial charge in [-0.2, -0.15) is 0 Å². The van der Waals surface area contributed by atoms with Crippen LogP contribution < -0.4 is 11.1 Å². The molecule has 0 radical (unpaired) electrons. The van der Waals surface area contributed by atoms with Crippen LogP contribution in [0.25, 0.3) is 0 Å². The number of nitrogens with two attached hydrogens (primary N) is 1. The third-order valence-corrected chi connectivity index (χ3v) is 4.48. The quantitative estimate of drug-likeness (QED) is 0.625. The average Bonchev–Trinajstić information content (AvgIpc) is 2.40. The van der Waals surface area contributed by atoms with Gasteiger partial charge < -0.3 is 16.2 Å². The molecule has 4 N–H and O–H groups in total. The first-order chi connectivity index (χ1) is 8.71. The molecule has 0 aromatic heterocycles. The van der Waals surface area contributed by atoms with Gasteiger partial charge in [0.25, 0.3) is 0 Å². The van der Waals surface area contributed by atoms with Gasteiger partial charge in [0.15, 0.2) is 0 Å². The molecule has 0 aromatic rings. The van der Waals surface area contributed by atoms with Crippen molar-refractivity contribution in [2.24, 2.45) is 11.7 Å². The zero-order chi connectivity index (χ0) is 13.4. The van der Waals surface area contributed by atoms with Crippen molar-refractivity contribution >= 4 is 0 Å². The number of hydrogen-bond acceptors (Lipinski definition) is 3. The van der Waals surface area contributed by atoms with Gasteiger partial charge in [-0.25, -0.2) is 0 Å². The molecule has 0 bridgehead atoms. The maximum atomic E-state index is 9.52. The molecule has 0 aromatic carbocycles. The summed E-state index contributed by atoms with van der Waals surface area (Å²) in [4.78, 5) is 0. The third-order valence-electron chi connectivity index (χ3n) is 4.48. The normalized spacial score (nSPS) is 25.3. The van der Waals surface area contributed by atoms with Crippen LogP contribution in [-0.2, 0) is 0 Å². The molecule has 0 aliphatic heterocycles. The van der Waals surface area contributed by atoms with E-state index < -0.39 is 0 Å². The van der Waals surface area contributed by atoms with E-state index in [1.54, 1.807) is 0 Å². The van der Waals surface area contributed by atoms with E-state index in [0.717, 1.165) is 19.3 Å². The highest BCUT2D eigenvalue weighted by Gasteiger charge is 2.33. The van der Waals surface area contributed by atoms with Crippen molar-refractivity contribution < 1.29 is 5.11 Å². The first-order valence-corrected chi connectivity index (χ1v) is 7.80. The molecule has 3 nitrogen and oxygen atoms in total. The lowest BCUT2D eigenvalue weighted by molar-refractivity contribution is 0.121. The molecule has 1 fully saturated rings. The van der Waals surface area contributed by atoms with Crippen LogP contribution in [0, 0.1) is 5.92 Å². The van der Waals surface area contributed by atoms with Gasteiger partial charge in [0.05, 0.1) is 0 Å². The topological polar surface area (TPSA) is 58.3 Å². The number of hydrogen-bond donors (Lipinski definition) is 3. The fraction of sp³-hybridized carbons (Fsp3) is 1.00. The second-order valence-electron chi connectivity index (χ2n) is 5.96. The van der Waals surface area contributed by atoms with E-state index in [-0.39, 0.29) is 5.54 Å². The van der Waals surface area contributed by atoms with Gasteiger partial charge in [0, 0.05) is 24.7 Å². The summed E-state index contributed by atoms with van der Waals surface area (Å²) < 4.78 is 0. The summed E-state index contributed by atoms with van der Waals surface area (Å²) in [5.74, 6) is 0.429. The summed E-state index contributed by atoms with van der Waals surface area (Å²) >= 11 is 0. The molecule has 0 amide bonds. The van der Waals surface area contributed by atoms with Gasteiger partial charge in [-0.1, -0.05) is 39.5 Å². The molecular formula is C15H32N2O. The minimum Gasteiger partial charge on any atom is -0.396 e. The number of rotatable bonds is 8. The summed E-state index contributed by atoms with van der Waals surface area (Å²) in [7, 11) is 0. The Kier molecular flexibility index (Phi) is 7.20. The fourth-order valence-corrected chi connectivity index (χ4v) is 3.50. The van der Waals surface area contributed by atoms with Gasteiger partial charge >= 0.3 is 0 Å². The van der Waals surface area contributed by atoms with Crippen LogP contribution in [0.5, 0.6) is 0 Å². The molecule has 2 unspecified atom stereocenters. The molecule has 1 aliphatic rings. The summed E-state index contributed by atoms with van der Waals surface area (Å²) in [6.07, 6.45) is 9.53. The van der Waals surface area contributed by atoms with E-state index in [0.29, 0.717) is 25.1 Å². The van der Waals surface area contributed by atoms with Gasteiger partial charge in [-0.15, -0.1) is 0 Å². The van der Waals surface area contributed by atoms with E-state index in [1.165, 1.54) is 32.1 Å². The molecule has 0 heterocycles. The Bertz CT molecular complexity index is 215.